The Morgan fingerprint density at radius 3 is 2.33 bits per heavy atom. The van der Waals surface area contributed by atoms with Crippen molar-refractivity contribution in [2.45, 2.75) is 39.2 Å². The van der Waals surface area contributed by atoms with Crippen LogP contribution in [0.25, 0.3) is 0 Å². The summed E-state index contributed by atoms with van der Waals surface area (Å²) in [6.45, 7) is 4.47. The predicted molar refractivity (Wildman–Crippen MR) is 53.2 cm³/mol. The summed E-state index contributed by atoms with van der Waals surface area (Å²) in [6, 6.07) is 0.650. The summed E-state index contributed by atoms with van der Waals surface area (Å²) < 4.78 is 0. The molecule has 0 aromatic carbocycles. The second-order valence-electron chi connectivity index (χ2n) is 2.71. The van der Waals surface area contributed by atoms with Crippen LogP contribution >= 0.6 is 0 Å². The molecule has 0 aliphatic rings. The van der Waals surface area contributed by atoms with Gasteiger partial charge in [0.2, 0.25) is 0 Å². The molecule has 0 fully saturated rings. The molecule has 0 radical (unpaired) electrons. The number of unbranched alkanes of at least 4 members (excludes halogenated alkanes) is 1. The van der Waals surface area contributed by atoms with E-state index in [1.807, 2.05) is 7.05 Å². The number of carbonyl (C=O) groups excluding carboxylic acids is 1. The van der Waals surface area contributed by atoms with Crippen LogP contribution in [0.2, 0.25) is 0 Å². The van der Waals surface area contributed by atoms with Crippen LogP contribution in [0.3, 0.4) is 0 Å². The molecule has 0 rings (SSSR count). The average Bonchev–Trinajstić information content (AvgIpc) is 2.06. The van der Waals surface area contributed by atoms with Crippen molar-refractivity contribution in [3.63, 3.8) is 0 Å². The first kappa shape index (κ1) is 14.1. The van der Waals surface area contributed by atoms with Crippen LogP contribution in [0.15, 0.2) is 0 Å². The van der Waals surface area contributed by atoms with Gasteiger partial charge in [-0.05, 0) is 40.3 Å². The largest absolute Gasteiger partial charge is 0.330 e. The first-order chi connectivity index (χ1) is 5.72. The van der Waals surface area contributed by atoms with Crippen LogP contribution in [-0.2, 0) is 4.79 Å². The van der Waals surface area contributed by atoms with E-state index in [0.717, 1.165) is 19.3 Å². The zero-order valence-electron chi connectivity index (χ0n) is 8.47. The van der Waals surface area contributed by atoms with Gasteiger partial charge in [-0.2, -0.15) is 0 Å². The van der Waals surface area contributed by atoms with Gasteiger partial charge in [0.1, 0.15) is 6.29 Å². The fourth-order valence-corrected chi connectivity index (χ4v) is 0.739. The van der Waals surface area contributed by atoms with E-state index in [2.05, 4.69) is 12.2 Å². The van der Waals surface area contributed by atoms with Crippen molar-refractivity contribution < 1.29 is 4.79 Å². The van der Waals surface area contributed by atoms with Gasteiger partial charge in [-0.15, -0.1) is 0 Å². The maximum absolute atomic E-state index is 8.81. The molecule has 0 heterocycles. The van der Waals surface area contributed by atoms with Crippen LogP contribution in [0.1, 0.15) is 33.1 Å². The highest BCUT2D eigenvalue weighted by atomic mass is 16.1. The lowest BCUT2D eigenvalue weighted by molar-refractivity contribution is -0.106. The van der Waals surface area contributed by atoms with Crippen molar-refractivity contribution in [2.24, 2.45) is 5.73 Å². The van der Waals surface area contributed by atoms with Crippen molar-refractivity contribution in [1.29, 1.82) is 0 Å². The Morgan fingerprint density at radius 1 is 1.50 bits per heavy atom. The highest BCUT2D eigenvalue weighted by molar-refractivity contribution is 5.44. The minimum absolute atomic E-state index is 0.650. The van der Waals surface area contributed by atoms with E-state index in [4.69, 9.17) is 10.5 Å². The third kappa shape index (κ3) is 16.3. The number of hydrogen-bond acceptors (Lipinski definition) is 3. The maximum atomic E-state index is 8.81. The lowest BCUT2D eigenvalue weighted by atomic mass is 10.1. The average molecular weight is 174 g/mol. The van der Waals surface area contributed by atoms with E-state index < -0.39 is 0 Å². The molecule has 3 N–H and O–H groups in total. The van der Waals surface area contributed by atoms with Gasteiger partial charge in [0.05, 0.1) is 0 Å². The Balaban J connectivity index is 0. The van der Waals surface area contributed by atoms with Gasteiger partial charge in [0.15, 0.2) is 0 Å². The molecule has 3 nitrogen and oxygen atoms in total. The Hall–Kier alpha value is -0.410. The monoisotopic (exact) mass is 174 g/mol. The smallest absolute Gasteiger partial charge is 0.116 e. The molecule has 0 saturated carbocycles. The Bertz CT molecular complexity index is 86.6. The summed E-state index contributed by atoms with van der Waals surface area (Å²) in [7, 11) is 1.99. The van der Waals surface area contributed by atoms with Crippen molar-refractivity contribution in [3.05, 3.63) is 0 Å². The lowest BCUT2D eigenvalue weighted by Crippen LogP contribution is -2.20. The minimum atomic E-state index is 0.650. The second-order valence-corrected chi connectivity index (χ2v) is 2.71. The molecular formula is C9H22N2O. The first-order valence-corrected chi connectivity index (χ1v) is 4.50. The van der Waals surface area contributed by atoms with Gasteiger partial charge < -0.3 is 15.8 Å². The number of carbonyl (C=O) groups is 1. The standard InChI is InChI=1S/C7H18N2.C2H4O/c1-7(9-2)5-3-4-6-8;1-2-3/h7,9H,3-6,8H2,1-2H3;2H,1H3. The molecule has 74 valence electrons. The van der Waals surface area contributed by atoms with Gasteiger partial charge in [-0.3, -0.25) is 0 Å². The Kier molecular flexibility index (Phi) is 15.5. The van der Waals surface area contributed by atoms with Gasteiger partial charge in [0, 0.05) is 6.04 Å². The van der Waals surface area contributed by atoms with Crippen molar-refractivity contribution in [1.82, 2.24) is 5.32 Å². The van der Waals surface area contributed by atoms with Gasteiger partial charge in [-0.25, -0.2) is 0 Å². The summed E-state index contributed by atoms with van der Waals surface area (Å²) in [5.41, 5.74) is 5.34. The normalized spacial score (nSPS) is 11.3. The van der Waals surface area contributed by atoms with Gasteiger partial charge in [-0.1, -0.05) is 6.42 Å². The topological polar surface area (TPSA) is 55.1 Å². The first-order valence-electron chi connectivity index (χ1n) is 4.50. The summed E-state index contributed by atoms with van der Waals surface area (Å²) in [5.74, 6) is 0. The van der Waals surface area contributed by atoms with Gasteiger partial charge >= 0.3 is 0 Å². The Labute approximate surface area is 75.7 Å². The molecule has 0 bridgehead atoms. The van der Waals surface area contributed by atoms with Crippen LogP contribution in [-0.4, -0.2) is 25.9 Å². The van der Waals surface area contributed by atoms with E-state index >= 15 is 0 Å². The lowest BCUT2D eigenvalue weighted by Gasteiger charge is -2.07. The molecule has 0 aromatic rings. The number of rotatable bonds is 5. The zero-order chi connectivity index (χ0) is 9.82. The van der Waals surface area contributed by atoms with E-state index in [1.165, 1.54) is 19.8 Å². The predicted octanol–water partition coefficient (Wildman–Crippen LogP) is 0.928. The summed E-state index contributed by atoms with van der Waals surface area (Å²) in [4.78, 5) is 8.81. The maximum Gasteiger partial charge on any atom is 0.116 e. The van der Waals surface area contributed by atoms with Crippen LogP contribution in [0, 0.1) is 0 Å². The van der Waals surface area contributed by atoms with Crippen LogP contribution in [0.4, 0.5) is 0 Å². The molecule has 12 heavy (non-hydrogen) atoms. The van der Waals surface area contributed by atoms with Crippen LogP contribution in [0.5, 0.6) is 0 Å². The van der Waals surface area contributed by atoms with E-state index in [9.17, 15) is 0 Å². The molecule has 0 aliphatic carbocycles. The summed E-state index contributed by atoms with van der Waals surface area (Å²) in [6.07, 6.45) is 4.40. The summed E-state index contributed by atoms with van der Waals surface area (Å²) >= 11 is 0. The fourth-order valence-electron chi connectivity index (χ4n) is 0.739. The quantitative estimate of drug-likeness (QED) is 0.481. The molecule has 3 heteroatoms. The molecular weight excluding hydrogens is 152 g/mol. The molecule has 0 saturated heterocycles. The fraction of sp³-hybridized carbons (Fsp3) is 0.889. The van der Waals surface area contributed by atoms with Crippen LogP contribution < -0.4 is 11.1 Å². The number of hydrogen-bond donors (Lipinski definition) is 2. The van der Waals surface area contributed by atoms with Crippen molar-refractivity contribution in [3.8, 4) is 0 Å². The number of nitrogens with two attached hydrogens (primary N) is 1. The SMILES string of the molecule is CC=O.CNC(C)CCCCN. The third-order valence-electron chi connectivity index (χ3n) is 1.58. The van der Waals surface area contributed by atoms with E-state index in [-0.39, 0.29) is 0 Å². The molecule has 0 aromatic heterocycles. The highest BCUT2D eigenvalue weighted by Crippen LogP contribution is 1.97. The molecule has 1 unspecified atom stereocenters. The molecule has 0 amide bonds. The summed E-state index contributed by atoms with van der Waals surface area (Å²) in [5, 5.41) is 3.18. The number of aldehydes is 1. The molecule has 0 aliphatic heterocycles. The third-order valence-corrected chi connectivity index (χ3v) is 1.58. The van der Waals surface area contributed by atoms with E-state index in [0.29, 0.717) is 6.04 Å². The zero-order valence-corrected chi connectivity index (χ0v) is 8.47. The minimum Gasteiger partial charge on any atom is -0.330 e. The van der Waals surface area contributed by atoms with E-state index in [1.54, 1.807) is 0 Å². The molecule has 1 atom stereocenters. The van der Waals surface area contributed by atoms with Crippen molar-refractivity contribution >= 4 is 6.29 Å². The number of nitrogens with one attached hydrogen (secondary N) is 1. The Morgan fingerprint density at radius 2 is 2.00 bits per heavy atom. The second kappa shape index (κ2) is 13.2. The van der Waals surface area contributed by atoms with Crippen molar-refractivity contribution in [2.75, 3.05) is 13.6 Å². The molecule has 0 spiro atoms. The van der Waals surface area contributed by atoms with Gasteiger partial charge in [0.25, 0.3) is 0 Å². The highest BCUT2D eigenvalue weighted by Gasteiger charge is 1.94.